The second-order valence-electron chi connectivity index (χ2n) is 4.73. The van der Waals surface area contributed by atoms with Crippen molar-refractivity contribution in [1.82, 2.24) is 15.3 Å². The topological polar surface area (TPSA) is 96.2 Å². The van der Waals surface area contributed by atoms with E-state index in [1.165, 1.54) is 0 Å². The number of rotatable bonds is 5. The van der Waals surface area contributed by atoms with Gasteiger partial charge in [-0.15, -0.1) is 0 Å². The molecule has 2 rings (SSSR count). The minimum atomic E-state index is -0.393. The van der Waals surface area contributed by atoms with Crippen molar-refractivity contribution < 1.29 is 4.92 Å². The molecule has 0 spiro atoms. The van der Waals surface area contributed by atoms with Gasteiger partial charge in [-0.25, -0.2) is 4.98 Å². The minimum absolute atomic E-state index is 0.00829. The third kappa shape index (κ3) is 3.13. The summed E-state index contributed by atoms with van der Waals surface area (Å²) >= 11 is 0. The van der Waals surface area contributed by atoms with Crippen LogP contribution in [0.25, 0.3) is 0 Å². The Morgan fingerprint density at radius 3 is 2.70 bits per heavy atom. The first-order chi connectivity index (χ1) is 9.63. The zero-order chi connectivity index (χ0) is 14.5. The van der Waals surface area contributed by atoms with Crippen LogP contribution in [0.3, 0.4) is 0 Å². The maximum absolute atomic E-state index is 11.3. The highest BCUT2D eigenvalue weighted by Crippen LogP contribution is 2.29. The number of aromatic nitrogens is 2. The van der Waals surface area contributed by atoms with E-state index >= 15 is 0 Å². The summed E-state index contributed by atoms with van der Waals surface area (Å²) in [5, 5.41) is 17.6. The Hall–Kier alpha value is -1.96. The molecule has 1 fully saturated rings. The van der Waals surface area contributed by atoms with Crippen LogP contribution >= 0.6 is 0 Å². The van der Waals surface area contributed by atoms with Gasteiger partial charge in [0.1, 0.15) is 5.69 Å². The fraction of sp³-hybridized carbons (Fsp3) is 0.667. The van der Waals surface area contributed by atoms with Crippen LogP contribution in [0.2, 0.25) is 0 Å². The van der Waals surface area contributed by atoms with Gasteiger partial charge in [0.25, 0.3) is 0 Å². The van der Waals surface area contributed by atoms with E-state index in [4.69, 9.17) is 0 Å². The van der Waals surface area contributed by atoms with Crippen LogP contribution < -0.4 is 15.5 Å². The van der Waals surface area contributed by atoms with Crippen molar-refractivity contribution in [3.05, 3.63) is 15.8 Å². The highest BCUT2D eigenvalue weighted by Gasteiger charge is 2.27. The Morgan fingerprint density at radius 1 is 1.40 bits per heavy atom. The molecule has 2 N–H and O–H groups in total. The predicted molar refractivity (Wildman–Crippen MR) is 77.3 cm³/mol. The van der Waals surface area contributed by atoms with E-state index in [0.29, 0.717) is 30.5 Å². The first-order valence-electron chi connectivity index (χ1n) is 6.86. The summed E-state index contributed by atoms with van der Waals surface area (Å²) in [7, 11) is 0. The summed E-state index contributed by atoms with van der Waals surface area (Å²) in [5.74, 6) is 0.881. The summed E-state index contributed by atoms with van der Waals surface area (Å²) in [6.45, 7) is 7.48. The van der Waals surface area contributed by atoms with Gasteiger partial charge < -0.3 is 15.5 Å². The zero-order valence-electron chi connectivity index (χ0n) is 11.8. The molecule has 1 aliphatic heterocycles. The molecule has 0 amide bonds. The largest absolute Gasteiger partial charge is 0.354 e. The van der Waals surface area contributed by atoms with Crippen molar-refractivity contribution >= 4 is 17.5 Å². The summed E-state index contributed by atoms with van der Waals surface area (Å²) < 4.78 is 0. The molecule has 8 heteroatoms. The lowest BCUT2D eigenvalue weighted by Crippen LogP contribution is -2.44. The van der Waals surface area contributed by atoms with E-state index in [-0.39, 0.29) is 5.69 Å². The molecule has 0 aliphatic carbocycles. The maximum Gasteiger partial charge on any atom is 0.332 e. The van der Waals surface area contributed by atoms with E-state index in [1.54, 1.807) is 6.92 Å². The van der Waals surface area contributed by atoms with Crippen LogP contribution in [0.15, 0.2) is 0 Å². The molecule has 1 aromatic rings. The van der Waals surface area contributed by atoms with E-state index in [1.807, 2.05) is 11.8 Å². The standard InChI is InChI=1S/C12H20N6O2/c1-3-4-14-12-15-9(2)10(18(19)20)11(16-12)17-7-5-13-6-8-17/h13H,3-8H2,1-2H3,(H,14,15,16). The van der Waals surface area contributed by atoms with Crippen LogP contribution in [-0.4, -0.2) is 47.6 Å². The Kier molecular flexibility index (Phi) is 4.67. The van der Waals surface area contributed by atoms with Crippen LogP contribution in [0, 0.1) is 17.0 Å². The zero-order valence-corrected chi connectivity index (χ0v) is 11.8. The van der Waals surface area contributed by atoms with Crippen molar-refractivity contribution in [2.24, 2.45) is 0 Å². The van der Waals surface area contributed by atoms with Gasteiger partial charge in [-0.3, -0.25) is 10.1 Å². The Labute approximate surface area is 117 Å². The summed E-state index contributed by atoms with van der Waals surface area (Å²) in [6.07, 6.45) is 0.947. The number of piperazine rings is 1. The molecule has 2 heterocycles. The van der Waals surface area contributed by atoms with Crippen molar-refractivity contribution in [1.29, 1.82) is 0 Å². The lowest BCUT2D eigenvalue weighted by Gasteiger charge is -2.28. The van der Waals surface area contributed by atoms with Crippen LogP contribution in [0.1, 0.15) is 19.0 Å². The molecule has 8 nitrogen and oxygen atoms in total. The monoisotopic (exact) mass is 280 g/mol. The van der Waals surface area contributed by atoms with E-state index in [9.17, 15) is 10.1 Å². The van der Waals surface area contributed by atoms with Gasteiger partial charge in [-0.1, -0.05) is 6.92 Å². The van der Waals surface area contributed by atoms with E-state index in [2.05, 4.69) is 20.6 Å². The maximum atomic E-state index is 11.3. The molecule has 1 saturated heterocycles. The molecule has 0 bridgehead atoms. The molecular weight excluding hydrogens is 260 g/mol. The van der Waals surface area contributed by atoms with Crippen molar-refractivity contribution in [3.8, 4) is 0 Å². The first kappa shape index (κ1) is 14.4. The summed E-state index contributed by atoms with van der Waals surface area (Å²) in [5.41, 5.74) is 0.408. The van der Waals surface area contributed by atoms with Crippen LogP contribution in [0.4, 0.5) is 17.5 Å². The normalized spacial score (nSPS) is 15.2. The highest BCUT2D eigenvalue weighted by atomic mass is 16.6. The fourth-order valence-corrected chi connectivity index (χ4v) is 2.18. The Morgan fingerprint density at radius 2 is 2.10 bits per heavy atom. The molecule has 20 heavy (non-hydrogen) atoms. The lowest BCUT2D eigenvalue weighted by atomic mass is 10.3. The minimum Gasteiger partial charge on any atom is -0.354 e. The van der Waals surface area contributed by atoms with Crippen LogP contribution in [0.5, 0.6) is 0 Å². The first-order valence-corrected chi connectivity index (χ1v) is 6.86. The molecule has 0 radical (unpaired) electrons. The van der Waals surface area contributed by atoms with Crippen molar-refractivity contribution in [3.63, 3.8) is 0 Å². The number of aryl methyl sites for hydroxylation is 1. The number of nitro groups is 1. The second-order valence-corrected chi connectivity index (χ2v) is 4.73. The van der Waals surface area contributed by atoms with Gasteiger partial charge in [0.05, 0.1) is 4.92 Å². The number of nitrogens with zero attached hydrogens (tertiary/aromatic N) is 4. The quantitative estimate of drug-likeness (QED) is 0.611. The van der Waals surface area contributed by atoms with Gasteiger partial charge in [0.2, 0.25) is 11.8 Å². The van der Waals surface area contributed by atoms with Gasteiger partial charge in [-0.05, 0) is 13.3 Å². The highest BCUT2D eigenvalue weighted by molar-refractivity contribution is 5.62. The Bertz CT molecular complexity index is 487. The molecule has 0 saturated carbocycles. The number of anilines is 2. The third-order valence-electron chi connectivity index (χ3n) is 3.17. The fourth-order valence-electron chi connectivity index (χ4n) is 2.18. The van der Waals surface area contributed by atoms with Gasteiger partial charge in [0.15, 0.2) is 0 Å². The molecule has 0 atom stereocenters. The summed E-state index contributed by atoms with van der Waals surface area (Å²) in [6, 6.07) is 0. The third-order valence-corrected chi connectivity index (χ3v) is 3.17. The number of hydrogen-bond donors (Lipinski definition) is 2. The molecule has 0 unspecified atom stereocenters. The van der Waals surface area contributed by atoms with Crippen LogP contribution in [-0.2, 0) is 0 Å². The summed E-state index contributed by atoms with van der Waals surface area (Å²) in [4.78, 5) is 21.4. The smallest absolute Gasteiger partial charge is 0.332 e. The molecular formula is C12H20N6O2. The van der Waals surface area contributed by atoms with E-state index < -0.39 is 4.92 Å². The SMILES string of the molecule is CCCNc1nc(C)c([N+](=O)[O-])c(N2CCNCC2)n1. The van der Waals surface area contributed by atoms with Gasteiger partial charge >= 0.3 is 5.69 Å². The van der Waals surface area contributed by atoms with Gasteiger partial charge in [-0.2, -0.15) is 4.98 Å². The molecule has 1 aromatic heterocycles. The lowest BCUT2D eigenvalue weighted by molar-refractivity contribution is -0.385. The predicted octanol–water partition coefficient (Wildman–Crippen LogP) is 0.925. The number of nitrogens with one attached hydrogen (secondary N) is 2. The Balaban J connectivity index is 2.38. The van der Waals surface area contributed by atoms with Gasteiger partial charge in [0, 0.05) is 32.7 Å². The average Bonchev–Trinajstić information content (AvgIpc) is 2.45. The average molecular weight is 280 g/mol. The molecule has 0 aromatic carbocycles. The second kappa shape index (κ2) is 6.47. The van der Waals surface area contributed by atoms with Crippen molar-refractivity contribution in [2.45, 2.75) is 20.3 Å². The van der Waals surface area contributed by atoms with E-state index in [0.717, 1.165) is 26.1 Å². The molecule has 110 valence electrons. The number of hydrogen-bond acceptors (Lipinski definition) is 7. The molecule has 1 aliphatic rings. The van der Waals surface area contributed by atoms with Crippen molar-refractivity contribution in [2.75, 3.05) is 42.9 Å².